The lowest BCUT2D eigenvalue weighted by atomic mass is 10.1. The zero-order valence-corrected chi connectivity index (χ0v) is 5.32. The molecule has 0 heteroatoms. The quantitative estimate of drug-likeness (QED) is 0.478. The Labute approximate surface area is 51.6 Å². The van der Waals surface area contributed by atoms with Crippen LogP contribution in [-0.4, -0.2) is 0 Å². The monoisotopic (exact) mass is 109 g/mol. The molecule has 0 atom stereocenters. The van der Waals surface area contributed by atoms with Crippen molar-refractivity contribution in [3.63, 3.8) is 0 Å². The molecule has 0 aromatic carbocycles. The molecule has 1 radical (unpaired) electrons. The first kappa shape index (κ1) is 5.87. The van der Waals surface area contributed by atoms with Gasteiger partial charge in [0, 0.05) is 0 Å². The van der Waals surface area contributed by atoms with Gasteiger partial charge in [-0.1, -0.05) is 18.9 Å². The van der Waals surface area contributed by atoms with Gasteiger partial charge in [0.2, 0.25) is 0 Å². The molecule has 1 aliphatic carbocycles. The van der Waals surface area contributed by atoms with Crippen LogP contribution in [-0.2, 0) is 0 Å². The Balaban J connectivity index is 2.14. The van der Waals surface area contributed by atoms with Crippen molar-refractivity contribution < 1.29 is 0 Å². The second-order valence-electron chi connectivity index (χ2n) is 2.45. The van der Waals surface area contributed by atoms with Gasteiger partial charge in [0.15, 0.2) is 0 Å². The molecule has 0 spiro atoms. The van der Waals surface area contributed by atoms with Crippen LogP contribution in [0.5, 0.6) is 0 Å². The SMILES string of the molecule is C=CC[C]1CCCC1. The minimum absolute atomic E-state index is 1.17. The standard InChI is InChI=1S/C8H13/c1-2-5-8-6-3-4-7-8/h2H,1,3-7H2. The highest BCUT2D eigenvalue weighted by Gasteiger charge is 2.12. The van der Waals surface area contributed by atoms with Gasteiger partial charge in [-0.15, -0.1) is 6.58 Å². The molecule has 0 unspecified atom stereocenters. The average Bonchev–Trinajstić information content (AvgIpc) is 2.19. The maximum atomic E-state index is 3.70. The van der Waals surface area contributed by atoms with Gasteiger partial charge in [0.05, 0.1) is 0 Å². The van der Waals surface area contributed by atoms with Crippen LogP contribution in [0.2, 0.25) is 0 Å². The molecule has 1 fully saturated rings. The second kappa shape index (κ2) is 2.91. The van der Waals surface area contributed by atoms with E-state index < -0.39 is 0 Å². The van der Waals surface area contributed by atoms with Gasteiger partial charge >= 0.3 is 0 Å². The number of hydrogen-bond acceptors (Lipinski definition) is 0. The zero-order valence-electron chi connectivity index (χ0n) is 5.32. The first-order valence-corrected chi connectivity index (χ1v) is 3.38. The van der Waals surface area contributed by atoms with E-state index in [0.717, 1.165) is 0 Å². The minimum atomic E-state index is 1.17. The molecule has 0 nitrogen and oxygen atoms in total. The Kier molecular flexibility index (Phi) is 2.13. The van der Waals surface area contributed by atoms with Crippen molar-refractivity contribution in [2.24, 2.45) is 0 Å². The summed E-state index contributed by atoms with van der Waals surface area (Å²) >= 11 is 0. The van der Waals surface area contributed by atoms with Gasteiger partial charge in [-0.2, -0.15) is 0 Å². The summed E-state index contributed by atoms with van der Waals surface area (Å²) in [4.78, 5) is 0. The fraction of sp³-hybridized carbons (Fsp3) is 0.625. The van der Waals surface area contributed by atoms with Crippen molar-refractivity contribution in [1.29, 1.82) is 0 Å². The summed E-state index contributed by atoms with van der Waals surface area (Å²) in [7, 11) is 0. The maximum Gasteiger partial charge on any atom is -0.0204 e. The lowest BCUT2D eigenvalue weighted by Gasteiger charge is -2.00. The van der Waals surface area contributed by atoms with Gasteiger partial charge in [0.25, 0.3) is 0 Å². The van der Waals surface area contributed by atoms with Crippen LogP contribution in [0.25, 0.3) is 0 Å². The number of rotatable bonds is 2. The van der Waals surface area contributed by atoms with Crippen molar-refractivity contribution in [3.8, 4) is 0 Å². The Morgan fingerprint density at radius 1 is 1.38 bits per heavy atom. The summed E-state index contributed by atoms with van der Waals surface area (Å²) in [5, 5.41) is 0. The van der Waals surface area contributed by atoms with Crippen LogP contribution in [0.15, 0.2) is 12.7 Å². The molecule has 0 saturated heterocycles. The summed E-state index contributed by atoms with van der Waals surface area (Å²) in [6, 6.07) is 0. The Morgan fingerprint density at radius 3 is 2.50 bits per heavy atom. The van der Waals surface area contributed by atoms with Gasteiger partial charge in [0.1, 0.15) is 0 Å². The van der Waals surface area contributed by atoms with Crippen LogP contribution in [0.4, 0.5) is 0 Å². The summed E-state index contributed by atoms with van der Waals surface area (Å²) in [5.74, 6) is 1.71. The molecule has 1 rings (SSSR count). The van der Waals surface area contributed by atoms with Crippen LogP contribution < -0.4 is 0 Å². The van der Waals surface area contributed by atoms with Gasteiger partial charge in [-0.05, 0) is 25.2 Å². The number of allylic oxidation sites excluding steroid dienone is 1. The van der Waals surface area contributed by atoms with E-state index in [-0.39, 0.29) is 0 Å². The number of hydrogen-bond donors (Lipinski definition) is 0. The minimum Gasteiger partial charge on any atom is -0.103 e. The molecular formula is C8H13. The summed E-state index contributed by atoms with van der Waals surface area (Å²) < 4.78 is 0. The molecule has 45 valence electrons. The lowest BCUT2D eigenvalue weighted by molar-refractivity contribution is 0.859. The maximum absolute atomic E-state index is 3.70. The van der Waals surface area contributed by atoms with E-state index >= 15 is 0 Å². The highest BCUT2D eigenvalue weighted by atomic mass is 14.2. The van der Waals surface area contributed by atoms with E-state index in [1.807, 2.05) is 6.08 Å². The molecule has 1 aliphatic rings. The first-order valence-electron chi connectivity index (χ1n) is 3.38. The van der Waals surface area contributed by atoms with Gasteiger partial charge in [-0.25, -0.2) is 0 Å². The third-order valence-corrected chi connectivity index (χ3v) is 1.74. The second-order valence-corrected chi connectivity index (χ2v) is 2.45. The molecule has 0 aromatic heterocycles. The summed E-state index contributed by atoms with van der Waals surface area (Å²) in [5.41, 5.74) is 0. The van der Waals surface area contributed by atoms with E-state index in [9.17, 15) is 0 Å². The Bertz CT molecular complexity index is 68.1. The average molecular weight is 109 g/mol. The predicted octanol–water partition coefficient (Wildman–Crippen LogP) is 2.71. The lowest BCUT2D eigenvalue weighted by Crippen LogP contribution is -1.84. The molecule has 0 aromatic rings. The van der Waals surface area contributed by atoms with E-state index in [2.05, 4.69) is 6.58 Å². The fourth-order valence-electron chi connectivity index (χ4n) is 1.28. The van der Waals surface area contributed by atoms with Crippen LogP contribution in [0.3, 0.4) is 0 Å². The van der Waals surface area contributed by atoms with Crippen LogP contribution in [0.1, 0.15) is 32.1 Å². The van der Waals surface area contributed by atoms with Crippen LogP contribution in [0, 0.1) is 5.92 Å². The molecule has 1 saturated carbocycles. The molecule has 0 heterocycles. The van der Waals surface area contributed by atoms with Crippen molar-refractivity contribution in [3.05, 3.63) is 18.6 Å². The zero-order chi connectivity index (χ0) is 5.82. The molecule has 0 aliphatic heterocycles. The Hall–Kier alpha value is -0.260. The highest BCUT2D eigenvalue weighted by molar-refractivity contribution is 4.99. The van der Waals surface area contributed by atoms with E-state index in [0.29, 0.717) is 0 Å². The van der Waals surface area contributed by atoms with Gasteiger partial charge < -0.3 is 0 Å². The first-order chi connectivity index (χ1) is 3.93. The normalized spacial score (nSPS) is 21.5. The molecular weight excluding hydrogens is 96.1 g/mol. The van der Waals surface area contributed by atoms with E-state index in [1.165, 1.54) is 32.1 Å². The van der Waals surface area contributed by atoms with Crippen molar-refractivity contribution in [2.75, 3.05) is 0 Å². The van der Waals surface area contributed by atoms with Crippen LogP contribution >= 0.6 is 0 Å². The summed E-state index contributed by atoms with van der Waals surface area (Å²) in [6.45, 7) is 3.70. The third-order valence-electron chi connectivity index (χ3n) is 1.74. The van der Waals surface area contributed by atoms with Gasteiger partial charge in [-0.3, -0.25) is 0 Å². The van der Waals surface area contributed by atoms with Crippen molar-refractivity contribution in [2.45, 2.75) is 32.1 Å². The summed E-state index contributed by atoms with van der Waals surface area (Å²) in [6.07, 6.45) is 8.76. The largest absolute Gasteiger partial charge is 0.103 e. The molecule has 8 heavy (non-hydrogen) atoms. The van der Waals surface area contributed by atoms with E-state index in [4.69, 9.17) is 0 Å². The van der Waals surface area contributed by atoms with E-state index in [1.54, 1.807) is 5.92 Å². The molecule has 0 N–H and O–H groups in total. The molecule has 0 amide bonds. The fourth-order valence-corrected chi connectivity index (χ4v) is 1.28. The van der Waals surface area contributed by atoms with Crippen molar-refractivity contribution in [1.82, 2.24) is 0 Å². The Morgan fingerprint density at radius 2 is 2.00 bits per heavy atom. The smallest absolute Gasteiger partial charge is 0.0204 e. The van der Waals surface area contributed by atoms with Crippen molar-refractivity contribution >= 4 is 0 Å². The third kappa shape index (κ3) is 1.36. The molecule has 0 bridgehead atoms. The highest BCUT2D eigenvalue weighted by Crippen LogP contribution is 2.29. The predicted molar refractivity (Wildman–Crippen MR) is 36.5 cm³/mol. The topological polar surface area (TPSA) is 0 Å².